The fraction of sp³-hybridized carbons (Fsp3) is 0.250. The number of carbonyl (C=O) groups is 1. The van der Waals surface area contributed by atoms with Crippen LogP contribution in [0.3, 0.4) is 0 Å². The molecule has 88 valence electrons. The van der Waals surface area contributed by atoms with E-state index in [1.807, 2.05) is 18.2 Å². The SMILES string of the molecule is COC(=O)C(C)Nc1ccc2nccnc2c1. The molecule has 0 saturated heterocycles. The van der Waals surface area contributed by atoms with Gasteiger partial charge in [-0.2, -0.15) is 0 Å². The number of hydrogen-bond acceptors (Lipinski definition) is 5. The predicted octanol–water partition coefficient (Wildman–Crippen LogP) is 1.60. The Kier molecular flexibility index (Phi) is 3.18. The molecule has 1 heterocycles. The van der Waals surface area contributed by atoms with Gasteiger partial charge in [0, 0.05) is 18.1 Å². The van der Waals surface area contributed by atoms with Gasteiger partial charge in [0.2, 0.25) is 0 Å². The Morgan fingerprint density at radius 1 is 1.29 bits per heavy atom. The predicted molar refractivity (Wildman–Crippen MR) is 64.6 cm³/mol. The van der Waals surface area contributed by atoms with Crippen molar-refractivity contribution in [2.45, 2.75) is 13.0 Å². The zero-order valence-electron chi connectivity index (χ0n) is 9.68. The summed E-state index contributed by atoms with van der Waals surface area (Å²) in [5.41, 5.74) is 2.43. The maximum atomic E-state index is 11.3. The van der Waals surface area contributed by atoms with Gasteiger partial charge >= 0.3 is 5.97 Å². The summed E-state index contributed by atoms with van der Waals surface area (Å²) < 4.78 is 4.64. The Labute approximate surface area is 98.8 Å². The number of anilines is 1. The van der Waals surface area contributed by atoms with Crippen molar-refractivity contribution >= 4 is 22.7 Å². The molecular weight excluding hydrogens is 218 g/mol. The van der Waals surface area contributed by atoms with Crippen LogP contribution < -0.4 is 5.32 Å². The second kappa shape index (κ2) is 4.78. The lowest BCUT2D eigenvalue weighted by Gasteiger charge is -2.12. The first-order chi connectivity index (χ1) is 8.20. The standard InChI is InChI=1S/C12H13N3O2/c1-8(12(16)17-2)15-9-3-4-10-11(7-9)14-6-5-13-10/h3-8,15H,1-2H3. The summed E-state index contributed by atoms with van der Waals surface area (Å²) in [5, 5.41) is 3.04. The minimum absolute atomic E-state index is 0.302. The van der Waals surface area contributed by atoms with E-state index < -0.39 is 6.04 Å². The van der Waals surface area contributed by atoms with E-state index in [4.69, 9.17) is 0 Å². The van der Waals surface area contributed by atoms with Crippen LogP contribution in [0.25, 0.3) is 11.0 Å². The van der Waals surface area contributed by atoms with Crippen LogP contribution in [-0.2, 0) is 9.53 Å². The Bertz CT molecular complexity index is 542. The van der Waals surface area contributed by atoms with Gasteiger partial charge in [0.25, 0.3) is 0 Å². The van der Waals surface area contributed by atoms with E-state index in [1.165, 1.54) is 7.11 Å². The maximum Gasteiger partial charge on any atom is 0.327 e. The van der Waals surface area contributed by atoms with Crippen LogP contribution in [0, 0.1) is 0 Å². The molecule has 2 aromatic rings. The second-order valence-corrected chi connectivity index (χ2v) is 3.65. The summed E-state index contributed by atoms with van der Waals surface area (Å²) in [4.78, 5) is 19.6. The largest absolute Gasteiger partial charge is 0.467 e. The van der Waals surface area contributed by atoms with E-state index >= 15 is 0 Å². The molecule has 0 aliphatic rings. The van der Waals surface area contributed by atoms with Gasteiger partial charge in [-0.25, -0.2) is 4.79 Å². The zero-order valence-corrected chi connectivity index (χ0v) is 9.68. The van der Waals surface area contributed by atoms with Crippen molar-refractivity contribution in [1.29, 1.82) is 0 Å². The summed E-state index contributed by atoms with van der Waals surface area (Å²) in [6, 6.07) is 5.17. The van der Waals surface area contributed by atoms with Crippen LogP contribution in [0.4, 0.5) is 5.69 Å². The van der Waals surface area contributed by atoms with Crippen molar-refractivity contribution in [2.75, 3.05) is 12.4 Å². The van der Waals surface area contributed by atoms with E-state index in [-0.39, 0.29) is 5.97 Å². The Morgan fingerprint density at radius 2 is 2.00 bits per heavy atom. The third kappa shape index (κ3) is 2.50. The molecule has 0 fully saturated rings. The highest BCUT2D eigenvalue weighted by atomic mass is 16.5. The molecule has 17 heavy (non-hydrogen) atoms. The fourth-order valence-electron chi connectivity index (χ4n) is 1.54. The van der Waals surface area contributed by atoms with Crippen molar-refractivity contribution in [2.24, 2.45) is 0 Å². The van der Waals surface area contributed by atoms with Crippen molar-refractivity contribution in [3.05, 3.63) is 30.6 Å². The summed E-state index contributed by atoms with van der Waals surface area (Å²) in [6.45, 7) is 1.74. The summed E-state index contributed by atoms with van der Waals surface area (Å²) in [6.07, 6.45) is 3.28. The molecule has 0 bridgehead atoms. The van der Waals surface area contributed by atoms with Gasteiger partial charge in [-0.05, 0) is 25.1 Å². The normalized spacial score (nSPS) is 12.1. The van der Waals surface area contributed by atoms with Crippen LogP contribution in [0.15, 0.2) is 30.6 Å². The highest BCUT2D eigenvalue weighted by Gasteiger charge is 2.12. The Morgan fingerprint density at radius 3 is 2.71 bits per heavy atom. The minimum Gasteiger partial charge on any atom is -0.467 e. The molecule has 1 aromatic carbocycles. The van der Waals surface area contributed by atoms with Crippen LogP contribution in [-0.4, -0.2) is 29.1 Å². The van der Waals surface area contributed by atoms with Gasteiger partial charge in [-0.1, -0.05) is 0 Å². The number of nitrogens with one attached hydrogen (secondary N) is 1. The number of benzene rings is 1. The van der Waals surface area contributed by atoms with Gasteiger partial charge < -0.3 is 10.1 Å². The first kappa shape index (κ1) is 11.3. The van der Waals surface area contributed by atoms with Crippen LogP contribution in [0.5, 0.6) is 0 Å². The molecule has 1 N–H and O–H groups in total. The Balaban J connectivity index is 2.22. The number of esters is 1. The van der Waals surface area contributed by atoms with Gasteiger partial charge in [-0.15, -0.1) is 0 Å². The number of rotatable bonds is 3. The van der Waals surface area contributed by atoms with E-state index in [2.05, 4.69) is 20.0 Å². The third-order valence-electron chi connectivity index (χ3n) is 2.41. The fourth-order valence-corrected chi connectivity index (χ4v) is 1.54. The number of fused-ring (bicyclic) bond motifs is 1. The molecule has 1 aromatic heterocycles. The number of aromatic nitrogens is 2. The van der Waals surface area contributed by atoms with E-state index in [0.717, 1.165) is 16.7 Å². The molecule has 1 unspecified atom stereocenters. The second-order valence-electron chi connectivity index (χ2n) is 3.65. The number of hydrogen-bond donors (Lipinski definition) is 1. The molecule has 5 nitrogen and oxygen atoms in total. The lowest BCUT2D eigenvalue weighted by atomic mass is 10.2. The first-order valence-corrected chi connectivity index (χ1v) is 5.26. The van der Waals surface area contributed by atoms with E-state index in [9.17, 15) is 4.79 Å². The quantitative estimate of drug-likeness (QED) is 0.813. The molecule has 0 aliphatic heterocycles. The molecule has 0 spiro atoms. The maximum absolute atomic E-state index is 11.3. The monoisotopic (exact) mass is 231 g/mol. The molecule has 1 atom stereocenters. The number of ether oxygens (including phenoxy) is 1. The molecule has 0 saturated carbocycles. The van der Waals surface area contributed by atoms with Crippen LogP contribution in [0.1, 0.15) is 6.92 Å². The number of methoxy groups -OCH3 is 1. The topological polar surface area (TPSA) is 64.1 Å². The van der Waals surface area contributed by atoms with Crippen molar-refractivity contribution in [3.63, 3.8) is 0 Å². The Hall–Kier alpha value is -2.17. The smallest absolute Gasteiger partial charge is 0.327 e. The lowest BCUT2D eigenvalue weighted by Crippen LogP contribution is -2.27. The van der Waals surface area contributed by atoms with Gasteiger partial charge in [0.15, 0.2) is 0 Å². The average Bonchev–Trinajstić information content (AvgIpc) is 2.37. The molecule has 5 heteroatoms. The lowest BCUT2D eigenvalue weighted by molar-refractivity contribution is -0.141. The van der Waals surface area contributed by atoms with Crippen molar-refractivity contribution < 1.29 is 9.53 Å². The minimum atomic E-state index is -0.394. The van der Waals surface area contributed by atoms with Gasteiger partial charge in [0.1, 0.15) is 6.04 Å². The van der Waals surface area contributed by atoms with Crippen LogP contribution >= 0.6 is 0 Å². The zero-order chi connectivity index (χ0) is 12.3. The molecular formula is C12H13N3O2. The van der Waals surface area contributed by atoms with Crippen molar-refractivity contribution in [3.8, 4) is 0 Å². The molecule has 0 amide bonds. The first-order valence-electron chi connectivity index (χ1n) is 5.26. The van der Waals surface area contributed by atoms with E-state index in [0.29, 0.717) is 0 Å². The van der Waals surface area contributed by atoms with Gasteiger partial charge in [-0.3, -0.25) is 9.97 Å². The number of nitrogens with zero attached hydrogens (tertiary/aromatic N) is 2. The molecule has 0 radical (unpaired) electrons. The summed E-state index contributed by atoms with van der Waals surface area (Å²) >= 11 is 0. The van der Waals surface area contributed by atoms with Gasteiger partial charge in [0.05, 0.1) is 18.1 Å². The summed E-state index contributed by atoms with van der Waals surface area (Å²) in [7, 11) is 1.37. The van der Waals surface area contributed by atoms with Crippen LogP contribution in [0.2, 0.25) is 0 Å². The highest BCUT2D eigenvalue weighted by Crippen LogP contribution is 2.15. The highest BCUT2D eigenvalue weighted by molar-refractivity contribution is 5.82. The summed E-state index contributed by atoms with van der Waals surface area (Å²) in [5.74, 6) is -0.302. The van der Waals surface area contributed by atoms with Crippen molar-refractivity contribution in [1.82, 2.24) is 9.97 Å². The average molecular weight is 231 g/mol. The molecule has 0 aliphatic carbocycles. The number of carbonyl (C=O) groups excluding carboxylic acids is 1. The third-order valence-corrected chi connectivity index (χ3v) is 2.41. The van der Waals surface area contributed by atoms with E-state index in [1.54, 1.807) is 19.3 Å². The molecule has 2 rings (SSSR count).